The number of nitrogens with one attached hydrogen (secondary N) is 2. The van der Waals surface area contributed by atoms with Crippen molar-refractivity contribution in [1.29, 1.82) is 0 Å². The quantitative estimate of drug-likeness (QED) is 0.885. The molecule has 0 unspecified atom stereocenters. The molecule has 3 amide bonds. The van der Waals surface area contributed by atoms with E-state index < -0.39 is 0 Å². The van der Waals surface area contributed by atoms with Gasteiger partial charge < -0.3 is 15.5 Å². The first-order valence-corrected chi connectivity index (χ1v) is 9.53. The number of likely N-dealkylation sites (tertiary alicyclic amines) is 1. The summed E-state index contributed by atoms with van der Waals surface area (Å²) in [5, 5.41) is 6.27. The summed E-state index contributed by atoms with van der Waals surface area (Å²) in [6.07, 6.45) is 6.23. The van der Waals surface area contributed by atoms with Gasteiger partial charge in [-0.25, -0.2) is 4.79 Å². The van der Waals surface area contributed by atoms with Gasteiger partial charge >= 0.3 is 6.03 Å². The first kappa shape index (κ1) is 17.8. The van der Waals surface area contributed by atoms with Gasteiger partial charge in [-0.2, -0.15) is 0 Å². The van der Waals surface area contributed by atoms with E-state index in [1.165, 1.54) is 12.8 Å². The van der Waals surface area contributed by atoms with Crippen LogP contribution in [0, 0.1) is 5.92 Å². The normalized spacial score (nSPS) is 24.6. The van der Waals surface area contributed by atoms with Crippen LogP contribution in [-0.4, -0.2) is 42.0 Å². The van der Waals surface area contributed by atoms with E-state index in [-0.39, 0.29) is 18.0 Å². The lowest BCUT2D eigenvalue weighted by Gasteiger charge is -2.34. The van der Waals surface area contributed by atoms with Crippen LogP contribution < -0.4 is 10.6 Å². The molecule has 2 fully saturated rings. The highest BCUT2D eigenvalue weighted by Gasteiger charge is 2.26. The lowest BCUT2D eigenvalue weighted by atomic mass is 9.87. The van der Waals surface area contributed by atoms with Crippen LogP contribution in [-0.2, 0) is 0 Å². The summed E-state index contributed by atoms with van der Waals surface area (Å²) >= 11 is 0. The third-order valence-electron chi connectivity index (χ3n) is 5.50. The van der Waals surface area contributed by atoms with Gasteiger partial charge in [0.1, 0.15) is 0 Å². The Labute approximate surface area is 150 Å². The molecule has 0 bridgehead atoms. The number of hydrogen-bond donors (Lipinski definition) is 2. The molecule has 2 N–H and O–H groups in total. The molecule has 2 aliphatic rings. The molecule has 3 rings (SSSR count). The van der Waals surface area contributed by atoms with Gasteiger partial charge in [0.15, 0.2) is 0 Å². The van der Waals surface area contributed by atoms with Gasteiger partial charge in [-0.3, -0.25) is 4.79 Å². The van der Waals surface area contributed by atoms with Crippen LogP contribution in [0.15, 0.2) is 30.3 Å². The fourth-order valence-electron chi connectivity index (χ4n) is 3.76. The molecule has 0 atom stereocenters. The van der Waals surface area contributed by atoms with E-state index in [0.717, 1.165) is 31.6 Å². The van der Waals surface area contributed by atoms with Crippen LogP contribution in [0.2, 0.25) is 0 Å². The molecule has 5 heteroatoms. The van der Waals surface area contributed by atoms with Crippen LogP contribution in [0.5, 0.6) is 0 Å². The van der Waals surface area contributed by atoms with Gasteiger partial charge in [-0.05, 0) is 56.6 Å². The molecule has 1 aromatic rings. The standard InChI is InChI=1S/C20H29N3O2/c1-15-7-9-17(10-8-15)22-20(25)23-13-11-18(12-14-23)21-19(24)16-5-3-2-4-6-16/h2-6,15,17-18H,7-14H2,1H3,(H,21,24)(H,22,25). The zero-order valence-corrected chi connectivity index (χ0v) is 15.0. The van der Waals surface area contributed by atoms with Crippen molar-refractivity contribution in [2.75, 3.05) is 13.1 Å². The number of carbonyl (C=O) groups is 2. The van der Waals surface area contributed by atoms with E-state index in [2.05, 4.69) is 17.6 Å². The summed E-state index contributed by atoms with van der Waals surface area (Å²) in [6.45, 7) is 3.69. The lowest BCUT2D eigenvalue weighted by molar-refractivity contribution is 0.0917. The number of amides is 3. The fourth-order valence-corrected chi connectivity index (χ4v) is 3.76. The molecule has 5 nitrogen and oxygen atoms in total. The average Bonchev–Trinajstić information content (AvgIpc) is 2.65. The predicted octanol–water partition coefficient (Wildman–Crippen LogP) is 3.17. The van der Waals surface area contributed by atoms with E-state index in [1.54, 1.807) is 0 Å². The van der Waals surface area contributed by atoms with Gasteiger partial charge in [-0.1, -0.05) is 25.1 Å². The monoisotopic (exact) mass is 343 g/mol. The first-order chi connectivity index (χ1) is 12.1. The molecule has 0 aromatic heterocycles. The summed E-state index contributed by atoms with van der Waals surface area (Å²) in [5.41, 5.74) is 0.689. The zero-order chi connectivity index (χ0) is 17.6. The predicted molar refractivity (Wildman–Crippen MR) is 98.5 cm³/mol. The van der Waals surface area contributed by atoms with Crippen molar-refractivity contribution in [3.05, 3.63) is 35.9 Å². The molecule has 25 heavy (non-hydrogen) atoms. The Morgan fingerprint density at radius 2 is 1.48 bits per heavy atom. The second-order valence-electron chi connectivity index (χ2n) is 7.51. The molecule has 1 saturated heterocycles. The van der Waals surface area contributed by atoms with Crippen molar-refractivity contribution in [2.45, 2.75) is 57.5 Å². The van der Waals surface area contributed by atoms with Crippen molar-refractivity contribution in [3.63, 3.8) is 0 Å². The Kier molecular flexibility index (Phi) is 5.95. The molecule has 1 saturated carbocycles. The molecular formula is C20H29N3O2. The van der Waals surface area contributed by atoms with E-state index in [1.807, 2.05) is 35.2 Å². The highest BCUT2D eigenvalue weighted by molar-refractivity contribution is 5.94. The molecule has 1 heterocycles. The van der Waals surface area contributed by atoms with Crippen molar-refractivity contribution in [1.82, 2.24) is 15.5 Å². The van der Waals surface area contributed by atoms with Crippen molar-refractivity contribution in [2.24, 2.45) is 5.92 Å². The second kappa shape index (κ2) is 8.37. The minimum Gasteiger partial charge on any atom is -0.349 e. The maximum Gasteiger partial charge on any atom is 0.317 e. The third-order valence-corrected chi connectivity index (χ3v) is 5.50. The smallest absolute Gasteiger partial charge is 0.317 e. The molecule has 0 spiro atoms. The van der Waals surface area contributed by atoms with Gasteiger partial charge in [-0.15, -0.1) is 0 Å². The van der Waals surface area contributed by atoms with E-state index >= 15 is 0 Å². The zero-order valence-electron chi connectivity index (χ0n) is 15.0. The number of rotatable bonds is 3. The number of piperidine rings is 1. The average molecular weight is 343 g/mol. The summed E-state index contributed by atoms with van der Waals surface area (Å²) in [6, 6.07) is 9.83. The molecule has 1 aliphatic carbocycles. The van der Waals surface area contributed by atoms with Gasteiger partial charge in [0, 0.05) is 30.7 Å². The summed E-state index contributed by atoms with van der Waals surface area (Å²) in [7, 11) is 0. The van der Waals surface area contributed by atoms with Crippen molar-refractivity contribution < 1.29 is 9.59 Å². The number of hydrogen-bond acceptors (Lipinski definition) is 2. The Morgan fingerprint density at radius 1 is 0.880 bits per heavy atom. The number of benzene rings is 1. The van der Waals surface area contributed by atoms with Crippen LogP contribution in [0.3, 0.4) is 0 Å². The van der Waals surface area contributed by atoms with E-state index in [9.17, 15) is 9.59 Å². The number of urea groups is 1. The highest BCUT2D eigenvalue weighted by atomic mass is 16.2. The summed E-state index contributed by atoms with van der Waals surface area (Å²) in [4.78, 5) is 26.5. The molecule has 0 radical (unpaired) electrons. The molecule has 1 aromatic carbocycles. The summed E-state index contributed by atoms with van der Waals surface area (Å²) in [5.74, 6) is 0.761. The minimum atomic E-state index is -0.0279. The Bertz CT molecular complexity index is 574. The molecule has 1 aliphatic heterocycles. The Hall–Kier alpha value is -2.04. The largest absolute Gasteiger partial charge is 0.349 e. The lowest BCUT2D eigenvalue weighted by Crippen LogP contribution is -2.51. The SMILES string of the molecule is CC1CCC(NC(=O)N2CCC(NC(=O)c3ccccc3)CC2)CC1. The first-order valence-electron chi connectivity index (χ1n) is 9.53. The van der Waals surface area contributed by atoms with Crippen LogP contribution in [0.4, 0.5) is 4.79 Å². The van der Waals surface area contributed by atoms with Gasteiger partial charge in [0.05, 0.1) is 0 Å². The highest BCUT2D eigenvalue weighted by Crippen LogP contribution is 2.23. The number of carbonyl (C=O) groups excluding carboxylic acids is 2. The maximum absolute atomic E-state index is 12.4. The number of nitrogens with zero attached hydrogens (tertiary/aromatic N) is 1. The molecular weight excluding hydrogens is 314 g/mol. The third kappa shape index (κ3) is 4.97. The van der Waals surface area contributed by atoms with Crippen LogP contribution in [0.1, 0.15) is 55.8 Å². The van der Waals surface area contributed by atoms with Gasteiger partial charge in [0.25, 0.3) is 5.91 Å². The van der Waals surface area contributed by atoms with E-state index in [4.69, 9.17) is 0 Å². The van der Waals surface area contributed by atoms with Crippen LogP contribution >= 0.6 is 0 Å². The second-order valence-corrected chi connectivity index (χ2v) is 7.51. The summed E-state index contributed by atoms with van der Waals surface area (Å²) < 4.78 is 0. The topological polar surface area (TPSA) is 61.4 Å². The maximum atomic E-state index is 12.4. The van der Waals surface area contributed by atoms with Crippen molar-refractivity contribution in [3.8, 4) is 0 Å². The van der Waals surface area contributed by atoms with Gasteiger partial charge in [0.2, 0.25) is 0 Å². The fraction of sp³-hybridized carbons (Fsp3) is 0.600. The van der Waals surface area contributed by atoms with Crippen molar-refractivity contribution >= 4 is 11.9 Å². The molecule has 136 valence electrons. The Morgan fingerprint density at radius 3 is 2.12 bits per heavy atom. The van der Waals surface area contributed by atoms with E-state index in [0.29, 0.717) is 24.7 Å². The van der Waals surface area contributed by atoms with Crippen LogP contribution in [0.25, 0.3) is 0 Å². The Balaban J connectivity index is 1.41. The minimum absolute atomic E-state index is 0.0279.